The van der Waals surface area contributed by atoms with Crippen LogP contribution in [0.5, 0.6) is 5.75 Å². The second-order valence-electron chi connectivity index (χ2n) is 5.88. The van der Waals surface area contributed by atoms with Crippen molar-refractivity contribution in [1.29, 1.82) is 0 Å². The predicted molar refractivity (Wildman–Crippen MR) is 89.4 cm³/mol. The van der Waals surface area contributed by atoms with E-state index < -0.39 is 4.92 Å². The minimum atomic E-state index is -0.538. The summed E-state index contributed by atoms with van der Waals surface area (Å²) in [5, 5.41) is 11.1. The molecule has 1 fully saturated rings. The van der Waals surface area contributed by atoms with Gasteiger partial charge in [0, 0.05) is 31.3 Å². The molecule has 7 heteroatoms. The van der Waals surface area contributed by atoms with Crippen molar-refractivity contribution >= 4 is 11.6 Å². The van der Waals surface area contributed by atoms with E-state index in [9.17, 15) is 14.9 Å². The van der Waals surface area contributed by atoms with Gasteiger partial charge in [-0.05, 0) is 37.8 Å². The molecule has 7 nitrogen and oxygen atoms in total. The van der Waals surface area contributed by atoms with Gasteiger partial charge in [0.05, 0.1) is 18.1 Å². The van der Waals surface area contributed by atoms with Crippen molar-refractivity contribution in [1.82, 2.24) is 4.90 Å². The highest BCUT2D eigenvalue weighted by molar-refractivity contribution is 5.95. The molecule has 0 saturated carbocycles. The van der Waals surface area contributed by atoms with Gasteiger partial charge in [0.15, 0.2) is 5.75 Å². The van der Waals surface area contributed by atoms with E-state index in [1.54, 1.807) is 11.0 Å². The lowest BCUT2D eigenvalue weighted by molar-refractivity contribution is -0.385. The maximum atomic E-state index is 12.8. The molecule has 0 spiro atoms. The lowest BCUT2D eigenvalue weighted by Gasteiger charge is -2.30. The summed E-state index contributed by atoms with van der Waals surface area (Å²) in [6.07, 6.45) is 3.96. The van der Waals surface area contributed by atoms with Gasteiger partial charge in [-0.15, -0.1) is 0 Å². The van der Waals surface area contributed by atoms with Gasteiger partial charge in [-0.1, -0.05) is 6.92 Å². The van der Waals surface area contributed by atoms with Gasteiger partial charge >= 0.3 is 5.69 Å². The van der Waals surface area contributed by atoms with E-state index in [1.165, 1.54) is 19.2 Å². The average Bonchev–Trinajstić information content (AvgIpc) is 2.61. The minimum Gasteiger partial charge on any atom is -0.490 e. The van der Waals surface area contributed by atoms with Crippen LogP contribution in [0.3, 0.4) is 0 Å². The van der Waals surface area contributed by atoms with E-state index in [2.05, 4.69) is 0 Å². The third-order valence-corrected chi connectivity index (χ3v) is 4.10. The molecule has 1 aliphatic heterocycles. The number of carbonyl (C=O) groups is 1. The number of methoxy groups -OCH3 is 1. The molecule has 132 valence electrons. The quantitative estimate of drug-likeness (QED) is 0.564. The van der Waals surface area contributed by atoms with Crippen LogP contribution >= 0.6 is 0 Å². The van der Waals surface area contributed by atoms with Crippen LogP contribution in [0.1, 0.15) is 43.0 Å². The SMILES string of the molecule is CCCN(CC1CCCCO1)C(=O)c1ccc(OC)c([N+](=O)[O-])c1. The lowest BCUT2D eigenvalue weighted by atomic mass is 10.1. The highest BCUT2D eigenvalue weighted by Gasteiger charge is 2.24. The number of nitrogens with zero attached hydrogens (tertiary/aromatic N) is 2. The van der Waals surface area contributed by atoms with E-state index in [0.717, 1.165) is 32.3 Å². The van der Waals surface area contributed by atoms with Crippen LogP contribution in [0.25, 0.3) is 0 Å². The van der Waals surface area contributed by atoms with E-state index in [-0.39, 0.29) is 23.4 Å². The second kappa shape index (κ2) is 8.63. The molecule has 1 atom stereocenters. The molecule has 24 heavy (non-hydrogen) atoms. The summed E-state index contributed by atoms with van der Waals surface area (Å²) in [6.45, 7) is 3.84. The predicted octanol–water partition coefficient (Wildman–Crippen LogP) is 3.02. The molecule has 0 N–H and O–H groups in total. The van der Waals surface area contributed by atoms with E-state index in [4.69, 9.17) is 9.47 Å². The van der Waals surface area contributed by atoms with Crippen molar-refractivity contribution in [3.63, 3.8) is 0 Å². The standard InChI is InChI=1S/C17H24N2O5/c1-3-9-18(12-14-6-4-5-10-24-14)17(20)13-7-8-16(23-2)15(11-13)19(21)22/h7-8,11,14H,3-6,9-10,12H2,1-2H3. The molecule has 0 aliphatic carbocycles. The number of hydrogen-bond donors (Lipinski definition) is 0. The Hall–Kier alpha value is -2.15. The van der Waals surface area contributed by atoms with Gasteiger partial charge in [0.2, 0.25) is 0 Å². The highest BCUT2D eigenvalue weighted by Crippen LogP contribution is 2.28. The zero-order chi connectivity index (χ0) is 17.5. The zero-order valence-electron chi connectivity index (χ0n) is 14.2. The monoisotopic (exact) mass is 336 g/mol. The average molecular weight is 336 g/mol. The number of ether oxygens (including phenoxy) is 2. The van der Waals surface area contributed by atoms with Gasteiger partial charge in [-0.3, -0.25) is 14.9 Å². The van der Waals surface area contributed by atoms with E-state index in [0.29, 0.717) is 18.7 Å². The number of nitro groups is 1. The Labute approximate surface area is 141 Å². The second-order valence-corrected chi connectivity index (χ2v) is 5.88. The molecule has 2 rings (SSSR count). The number of carbonyl (C=O) groups excluding carboxylic acids is 1. The molecule has 0 bridgehead atoms. The summed E-state index contributed by atoms with van der Waals surface area (Å²) in [6, 6.07) is 4.32. The zero-order valence-corrected chi connectivity index (χ0v) is 14.2. The van der Waals surface area contributed by atoms with Crippen molar-refractivity contribution in [3.8, 4) is 5.75 Å². The molecule has 1 amide bonds. The molecule has 1 aromatic carbocycles. The Bertz CT molecular complexity index is 584. The largest absolute Gasteiger partial charge is 0.490 e. The molecule has 1 unspecified atom stereocenters. The topological polar surface area (TPSA) is 81.9 Å². The Morgan fingerprint density at radius 1 is 1.46 bits per heavy atom. The molecule has 1 heterocycles. The van der Waals surface area contributed by atoms with Crippen LogP contribution in [-0.2, 0) is 4.74 Å². The van der Waals surface area contributed by atoms with Gasteiger partial charge < -0.3 is 14.4 Å². The Kier molecular flexibility index (Phi) is 6.54. The molecule has 1 saturated heterocycles. The Balaban J connectivity index is 2.19. The third kappa shape index (κ3) is 4.44. The van der Waals surface area contributed by atoms with Gasteiger partial charge in [0.1, 0.15) is 0 Å². The maximum absolute atomic E-state index is 12.8. The van der Waals surface area contributed by atoms with Crippen LogP contribution in [0.15, 0.2) is 18.2 Å². The highest BCUT2D eigenvalue weighted by atomic mass is 16.6. The number of nitro benzene ring substituents is 1. The summed E-state index contributed by atoms with van der Waals surface area (Å²) in [5.41, 5.74) is 0.0977. The summed E-state index contributed by atoms with van der Waals surface area (Å²) in [5.74, 6) is -0.0639. The minimum absolute atomic E-state index is 0.0440. The molecular weight excluding hydrogens is 312 g/mol. The maximum Gasteiger partial charge on any atom is 0.311 e. The van der Waals surface area contributed by atoms with Crippen LogP contribution in [0.2, 0.25) is 0 Å². The molecule has 1 aliphatic rings. The number of hydrogen-bond acceptors (Lipinski definition) is 5. The van der Waals surface area contributed by atoms with Crippen LogP contribution in [-0.4, -0.2) is 48.6 Å². The van der Waals surface area contributed by atoms with Gasteiger partial charge in [-0.25, -0.2) is 0 Å². The molecule has 0 aromatic heterocycles. The van der Waals surface area contributed by atoms with E-state index >= 15 is 0 Å². The normalized spacial score (nSPS) is 17.3. The first-order valence-corrected chi connectivity index (χ1v) is 8.30. The van der Waals surface area contributed by atoms with Gasteiger partial charge in [-0.2, -0.15) is 0 Å². The fourth-order valence-corrected chi connectivity index (χ4v) is 2.89. The smallest absolute Gasteiger partial charge is 0.311 e. The van der Waals surface area contributed by atoms with Crippen LogP contribution < -0.4 is 4.74 Å². The van der Waals surface area contributed by atoms with Crippen LogP contribution in [0, 0.1) is 10.1 Å². The van der Waals surface area contributed by atoms with Crippen molar-refractivity contribution < 1.29 is 19.2 Å². The number of benzene rings is 1. The summed E-state index contributed by atoms with van der Waals surface area (Å²) in [4.78, 5) is 25.1. The first kappa shape index (κ1) is 18.2. The molecular formula is C17H24N2O5. The number of rotatable bonds is 7. The van der Waals surface area contributed by atoms with Crippen molar-refractivity contribution in [2.75, 3.05) is 26.8 Å². The van der Waals surface area contributed by atoms with Crippen LogP contribution in [0.4, 0.5) is 5.69 Å². The summed E-state index contributed by atoms with van der Waals surface area (Å²) >= 11 is 0. The fraction of sp³-hybridized carbons (Fsp3) is 0.588. The first-order chi connectivity index (χ1) is 11.6. The van der Waals surface area contributed by atoms with Crippen molar-refractivity contribution in [2.45, 2.75) is 38.7 Å². The lowest BCUT2D eigenvalue weighted by Crippen LogP contribution is -2.40. The van der Waals surface area contributed by atoms with Crippen molar-refractivity contribution in [2.24, 2.45) is 0 Å². The number of amides is 1. The van der Waals surface area contributed by atoms with E-state index in [1.807, 2.05) is 6.92 Å². The van der Waals surface area contributed by atoms with Crippen molar-refractivity contribution in [3.05, 3.63) is 33.9 Å². The Morgan fingerprint density at radius 3 is 2.83 bits per heavy atom. The molecule has 0 radical (unpaired) electrons. The molecule has 1 aromatic rings. The van der Waals surface area contributed by atoms with Gasteiger partial charge in [0.25, 0.3) is 5.91 Å². The fourth-order valence-electron chi connectivity index (χ4n) is 2.89. The first-order valence-electron chi connectivity index (χ1n) is 8.30. The summed E-state index contributed by atoms with van der Waals surface area (Å²) in [7, 11) is 1.37. The third-order valence-electron chi connectivity index (χ3n) is 4.10. The Morgan fingerprint density at radius 2 is 2.25 bits per heavy atom. The summed E-state index contributed by atoms with van der Waals surface area (Å²) < 4.78 is 10.7.